The van der Waals surface area contributed by atoms with Gasteiger partial charge >= 0.3 is 0 Å². The molecular weight excluding hydrogens is 166 g/mol. The average Bonchev–Trinajstić information content (AvgIpc) is 2.32. The van der Waals surface area contributed by atoms with Crippen molar-refractivity contribution in [3.05, 3.63) is 0 Å². The maximum absolute atomic E-state index is 5.53. The molecule has 78 valence electrons. The third kappa shape index (κ3) is 5.24. The summed E-state index contributed by atoms with van der Waals surface area (Å²) in [6.45, 7) is 8.28. The Balaban J connectivity index is 2.05. The van der Waals surface area contributed by atoms with Crippen molar-refractivity contribution in [2.24, 2.45) is 5.92 Å². The second-order valence-electron chi connectivity index (χ2n) is 4.03. The number of hydrogen-bond acceptors (Lipinski definition) is 2. The van der Waals surface area contributed by atoms with Crippen LogP contribution >= 0.6 is 0 Å². The van der Waals surface area contributed by atoms with Crippen LogP contribution in [-0.4, -0.2) is 32.6 Å². The maximum Gasteiger partial charge on any atom is 0.207 e. The minimum absolute atomic E-state index is 0.0289. The SMILES string of the molecule is CC(C)C[NH2+]CC1OCCCCO1. The highest BCUT2D eigenvalue weighted by molar-refractivity contribution is 4.48. The highest BCUT2D eigenvalue weighted by atomic mass is 16.7. The molecule has 0 aromatic heterocycles. The first-order valence-electron chi connectivity index (χ1n) is 5.34. The summed E-state index contributed by atoms with van der Waals surface area (Å²) in [5, 5.41) is 2.28. The van der Waals surface area contributed by atoms with Gasteiger partial charge in [0.1, 0.15) is 6.54 Å². The van der Waals surface area contributed by atoms with E-state index in [0.29, 0.717) is 0 Å². The molecular formula is C10H22NO2+. The van der Waals surface area contributed by atoms with E-state index in [2.05, 4.69) is 19.2 Å². The fourth-order valence-corrected chi connectivity index (χ4v) is 1.38. The van der Waals surface area contributed by atoms with Crippen LogP contribution in [0.1, 0.15) is 26.7 Å². The predicted molar refractivity (Wildman–Crippen MR) is 51.4 cm³/mol. The van der Waals surface area contributed by atoms with Crippen LogP contribution in [-0.2, 0) is 9.47 Å². The van der Waals surface area contributed by atoms with Crippen molar-refractivity contribution in [1.82, 2.24) is 0 Å². The standard InChI is InChI=1S/C10H21NO2/c1-9(2)7-11-8-10-12-5-3-4-6-13-10/h9-11H,3-8H2,1-2H3/p+1. The Bertz CT molecular complexity index is 120. The van der Waals surface area contributed by atoms with Gasteiger partial charge in [0.15, 0.2) is 0 Å². The van der Waals surface area contributed by atoms with Gasteiger partial charge < -0.3 is 14.8 Å². The Morgan fingerprint density at radius 3 is 2.38 bits per heavy atom. The van der Waals surface area contributed by atoms with Gasteiger partial charge in [-0.3, -0.25) is 0 Å². The Morgan fingerprint density at radius 2 is 1.85 bits per heavy atom. The number of quaternary nitrogens is 1. The summed E-state index contributed by atoms with van der Waals surface area (Å²) in [5.74, 6) is 0.741. The first kappa shape index (κ1) is 11.0. The van der Waals surface area contributed by atoms with Gasteiger partial charge in [-0.2, -0.15) is 0 Å². The lowest BCUT2D eigenvalue weighted by atomic mass is 10.2. The van der Waals surface area contributed by atoms with Crippen LogP contribution in [0.2, 0.25) is 0 Å². The van der Waals surface area contributed by atoms with Gasteiger partial charge in [-0.1, -0.05) is 13.8 Å². The van der Waals surface area contributed by atoms with Crippen LogP contribution in [0.3, 0.4) is 0 Å². The van der Waals surface area contributed by atoms with E-state index < -0.39 is 0 Å². The smallest absolute Gasteiger partial charge is 0.207 e. The monoisotopic (exact) mass is 188 g/mol. The van der Waals surface area contributed by atoms with E-state index in [-0.39, 0.29) is 6.29 Å². The summed E-state index contributed by atoms with van der Waals surface area (Å²) in [6, 6.07) is 0. The second kappa shape index (κ2) is 6.35. The zero-order valence-electron chi connectivity index (χ0n) is 8.79. The fraction of sp³-hybridized carbons (Fsp3) is 1.00. The third-order valence-electron chi connectivity index (χ3n) is 2.14. The van der Waals surface area contributed by atoms with Crippen molar-refractivity contribution in [2.45, 2.75) is 33.0 Å². The summed E-state index contributed by atoms with van der Waals surface area (Å²) in [4.78, 5) is 0. The van der Waals surface area contributed by atoms with Gasteiger partial charge in [0.05, 0.1) is 19.8 Å². The largest absolute Gasteiger partial charge is 0.348 e. The van der Waals surface area contributed by atoms with Crippen molar-refractivity contribution in [2.75, 3.05) is 26.3 Å². The normalized spacial score (nSPS) is 20.5. The molecule has 13 heavy (non-hydrogen) atoms. The lowest BCUT2D eigenvalue weighted by Gasteiger charge is -2.14. The van der Waals surface area contributed by atoms with E-state index in [1.807, 2.05) is 0 Å². The minimum atomic E-state index is 0.0289. The van der Waals surface area contributed by atoms with Gasteiger partial charge in [0.2, 0.25) is 6.29 Å². The van der Waals surface area contributed by atoms with Gasteiger partial charge in [-0.15, -0.1) is 0 Å². The molecule has 3 heteroatoms. The average molecular weight is 188 g/mol. The summed E-state index contributed by atoms with van der Waals surface area (Å²) < 4.78 is 11.1. The van der Waals surface area contributed by atoms with Crippen LogP contribution in [0.5, 0.6) is 0 Å². The first-order chi connectivity index (χ1) is 6.29. The van der Waals surface area contributed by atoms with Crippen LogP contribution in [0.4, 0.5) is 0 Å². The van der Waals surface area contributed by atoms with E-state index in [1.54, 1.807) is 0 Å². The fourth-order valence-electron chi connectivity index (χ4n) is 1.38. The van der Waals surface area contributed by atoms with E-state index in [9.17, 15) is 0 Å². The molecule has 1 fully saturated rings. The van der Waals surface area contributed by atoms with Crippen LogP contribution in [0, 0.1) is 5.92 Å². The van der Waals surface area contributed by atoms with Crippen molar-refractivity contribution in [3.63, 3.8) is 0 Å². The molecule has 1 rings (SSSR count). The molecule has 2 N–H and O–H groups in total. The number of hydrogen-bond donors (Lipinski definition) is 1. The molecule has 0 aromatic rings. The molecule has 0 radical (unpaired) electrons. The van der Waals surface area contributed by atoms with Crippen molar-refractivity contribution in [1.29, 1.82) is 0 Å². The lowest BCUT2D eigenvalue weighted by Crippen LogP contribution is -2.87. The zero-order valence-corrected chi connectivity index (χ0v) is 8.79. The molecule has 1 saturated heterocycles. The summed E-state index contributed by atoms with van der Waals surface area (Å²) in [6.07, 6.45) is 2.31. The van der Waals surface area contributed by atoms with Gasteiger partial charge in [-0.25, -0.2) is 0 Å². The van der Waals surface area contributed by atoms with Crippen LogP contribution in [0.25, 0.3) is 0 Å². The first-order valence-corrected chi connectivity index (χ1v) is 5.34. The number of rotatable bonds is 4. The second-order valence-corrected chi connectivity index (χ2v) is 4.03. The van der Waals surface area contributed by atoms with Crippen molar-refractivity contribution >= 4 is 0 Å². The Kier molecular flexibility index (Phi) is 5.35. The molecule has 0 bridgehead atoms. The zero-order chi connectivity index (χ0) is 9.52. The van der Waals surface area contributed by atoms with Crippen molar-refractivity contribution in [3.8, 4) is 0 Å². The van der Waals surface area contributed by atoms with Gasteiger partial charge in [0.25, 0.3) is 0 Å². The third-order valence-corrected chi connectivity index (χ3v) is 2.14. The Hall–Kier alpha value is -0.120. The predicted octanol–water partition coefficient (Wildman–Crippen LogP) is 0.359. The highest BCUT2D eigenvalue weighted by Gasteiger charge is 2.14. The molecule has 1 aliphatic rings. The van der Waals surface area contributed by atoms with Crippen LogP contribution in [0.15, 0.2) is 0 Å². The Morgan fingerprint density at radius 1 is 1.23 bits per heavy atom. The maximum atomic E-state index is 5.53. The van der Waals surface area contributed by atoms with Gasteiger partial charge in [0, 0.05) is 5.92 Å². The topological polar surface area (TPSA) is 35.1 Å². The molecule has 3 nitrogen and oxygen atoms in total. The van der Waals surface area contributed by atoms with E-state index >= 15 is 0 Å². The van der Waals surface area contributed by atoms with Gasteiger partial charge in [-0.05, 0) is 12.8 Å². The molecule has 0 atom stereocenters. The van der Waals surface area contributed by atoms with E-state index in [1.165, 1.54) is 0 Å². The lowest BCUT2D eigenvalue weighted by molar-refractivity contribution is -0.672. The quantitative estimate of drug-likeness (QED) is 0.691. The molecule has 0 saturated carbocycles. The number of ether oxygens (including phenoxy) is 2. The summed E-state index contributed by atoms with van der Waals surface area (Å²) >= 11 is 0. The summed E-state index contributed by atoms with van der Waals surface area (Å²) in [5.41, 5.74) is 0. The number of nitrogens with two attached hydrogens (primary N) is 1. The molecule has 0 amide bonds. The molecule has 0 aliphatic carbocycles. The Labute approximate surface area is 80.8 Å². The molecule has 0 aromatic carbocycles. The van der Waals surface area contributed by atoms with E-state index in [0.717, 1.165) is 45.1 Å². The van der Waals surface area contributed by atoms with E-state index in [4.69, 9.17) is 9.47 Å². The minimum Gasteiger partial charge on any atom is -0.348 e. The molecule has 0 unspecified atom stereocenters. The summed E-state index contributed by atoms with van der Waals surface area (Å²) in [7, 11) is 0. The molecule has 1 heterocycles. The van der Waals surface area contributed by atoms with Crippen molar-refractivity contribution < 1.29 is 14.8 Å². The van der Waals surface area contributed by atoms with Crippen LogP contribution < -0.4 is 5.32 Å². The molecule has 1 aliphatic heterocycles. The highest BCUT2D eigenvalue weighted by Crippen LogP contribution is 2.03. The molecule has 0 spiro atoms.